The summed E-state index contributed by atoms with van der Waals surface area (Å²) < 4.78 is 31.2. The normalized spacial score (nSPS) is 37.1. The smallest absolute Gasteiger partial charge is 0.419 e. The molecule has 0 aliphatic carbocycles. The lowest BCUT2D eigenvalue weighted by atomic mass is 9.74. The van der Waals surface area contributed by atoms with Crippen LogP contribution >= 0.6 is 11.8 Å². The van der Waals surface area contributed by atoms with E-state index in [1.165, 1.54) is 44.5 Å². The van der Waals surface area contributed by atoms with E-state index in [1.54, 1.807) is 41.5 Å². The Labute approximate surface area is 371 Å². The topological polar surface area (TPSA) is 188 Å². The van der Waals surface area contributed by atoms with Crippen molar-refractivity contribution in [3.8, 4) is 0 Å². The van der Waals surface area contributed by atoms with Gasteiger partial charge in [0.1, 0.15) is 29.7 Å². The lowest BCUT2D eigenvalue weighted by Crippen LogP contribution is -2.59. The van der Waals surface area contributed by atoms with Gasteiger partial charge in [-0.25, -0.2) is 9.69 Å². The first-order valence-corrected chi connectivity index (χ1v) is 22.3. The van der Waals surface area contributed by atoms with Crippen molar-refractivity contribution in [2.45, 2.75) is 151 Å². The van der Waals surface area contributed by atoms with E-state index >= 15 is 4.79 Å². The largest absolute Gasteiger partial charge is 0.459 e. The fourth-order valence-corrected chi connectivity index (χ4v) is 10.4. The van der Waals surface area contributed by atoms with Crippen LogP contribution in [0.4, 0.5) is 27.5 Å². The first-order chi connectivity index (χ1) is 28.8. The number of rotatable bonds is 7. The van der Waals surface area contributed by atoms with Crippen molar-refractivity contribution >= 4 is 52.4 Å². The number of carbonyl (C=O) groups excluding carboxylic acids is 3. The number of cyclic esters (lactones) is 1. The molecule has 0 radical (unpaired) electrons. The molecule has 14 atom stereocenters. The number of fused-ring (bicyclic) bond motifs is 2. The van der Waals surface area contributed by atoms with Crippen LogP contribution in [0.15, 0.2) is 46.2 Å². The number of anilines is 4. The molecule has 3 aliphatic rings. The number of hydrogen-bond donors (Lipinski definition) is 4. The Morgan fingerprint density at radius 3 is 1.92 bits per heavy atom. The van der Waals surface area contributed by atoms with Gasteiger partial charge in [-0.2, -0.15) is 0 Å². The second-order valence-corrected chi connectivity index (χ2v) is 19.8. The number of nitrogens with zero attached hydrogens (tertiary/aromatic N) is 3. The molecule has 0 bridgehead atoms. The maximum absolute atomic E-state index is 15.1. The number of aliphatic hydroxyl groups is 4. The molecule has 0 aromatic heterocycles. The standard InChI is InChI=1S/C46H69N3O12S/c1-15-35-46(9,56)39(51)25(3)37(50)24(2)22-44(7,55)41(26(4)38(27(5)42(53)59-35)60-36-23-45(8,57-14)40(52)28(6)58-36)61-43(54)49-31-18-16-29(47(10)11)20-33(31)62-34-21-30(48(12)13)17-19-32(34)49/h16-21,24-28,35-36,38-41,51-52,55-56H,15,22-23H2,1-14H3/t24-,25+,26+,27-,28+,35-,36+,38+,39-,40+,41-,44-,45-,46-/m1/s1. The molecule has 0 spiro atoms. The fraction of sp³-hybridized carbons (Fsp3) is 0.674. The Bertz CT molecular complexity index is 1890. The van der Waals surface area contributed by atoms with Gasteiger partial charge in [-0.15, -0.1) is 0 Å². The minimum atomic E-state index is -2.04. The zero-order valence-electron chi connectivity index (χ0n) is 38.7. The quantitative estimate of drug-likeness (QED) is 0.240. The van der Waals surface area contributed by atoms with Crippen molar-refractivity contribution in [1.29, 1.82) is 0 Å². The molecule has 2 fully saturated rings. The zero-order valence-corrected chi connectivity index (χ0v) is 39.6. The summed E-state index contributed by atoms with van der Waals surface area (Å²) in [5.41, 5.74) is -2.16. The monoisotopic (exact) mass is 887 g/mol. The van der Waals surface area contributed by atoms with Gasteiger partial charge in [0.15, 0.2) is 6.29 Å². The van der Waals surface area contributed by atoms with Crippen LogP contribution in [-0.4, -0.2) is 133 Å². The van der Waals surface area contributed by atoms with Gasteiger partial charge >= 0.3 is 12.1 Å². The third kappa shape index (κ3) is 9.77. The highest BCUT2D eigenvalue weighted by Crippen LogP contribution is 2.51. The van der Waals surface area contributed by atoms with E-state index in [1.807, 2.05) is 74.4 Å². The number of Topliss-reactive ketones (excluding diaryl/α,β-unsaturated/α-hetero) is 1. The highest BCUT2D eigenvalue weighted by atomic mass is 32.2. The van der Waals surface area contributed by atoms with E-state index in [9.17, 15) is 30.0 Å². The maximum Gasteiger partial charge on any atom is 0.419 e. The SMILES string of the molecule is CC[C@H]1OC(=O)[C@H](C)[C@@H](O[C@H]2C[C@@](C)(OC)[C@@H](O)[C@H](C)O2)[C@H](C)[C@@H](OC(=O)N2c3ccc(N(C)C)cc3Sc3cc(N(C)C)ccc32)[C@](C)(O)C[C@@H](C)C(=O)[C@H](C)[C@@H](O)[C@]1(C)O. The van der Waals surface area contributed by atoms with Crippen LogP contribution in [0, 0.1) is 23.7 Å². The molecular weight excluding hydrogens is 819 g/mol. The molecule has 0 unspecified atom stereocenters. The molecule has 3 heterocycles. The number of ether oxygens (including phenoxy) is 5. The molecule has 5 rings (SSSR count). The minimum Gasteiger partial charge on any atom is -0.459 e. The molecule has 2 aromatic rings. The first kappa shape index (κ1) is 49.5. The van der Waals surface area contributed by atoms with Gasteiger partial charge in [-0.1, -0.05) is 39.5 Å². The van der Waals surface area contributed by atoms with Gasteiger partial charge in [-0.3, -0.25) is 9.59 Å². The van der Waals surface area contributed by atoms with Crippen molar-refractivity contribution in [2.75, 3.05) is 50.0 Å². The van der Waals surface area contributed by atoms with E-state index in [2.05, 4.69) is 0 Å². The summed E-state index contributed by atoms with van der Waals surface area (Å²) in [7, 11) is 9.20. The molecule has 1 amide bonds. The van der Waals surface area contributed by atoms with Crippen LogP contribution < -0.4 is 14.7 Å². The Balaban J connectivity index is 1.66. The Morgan fingerprint density at radius 2 is 1.42 bits per heavy atom. The molecule has 0 saturated carbocycles. The van der Waals surface area contributed by atoms with E-state index < -0.39 is 101 Å². The van der Waals surface area contributed by atoms with Crippen LogP contribution in [0.3, 0.4) is 0 Å². The van der Waals surface area contributed by atoms with Crippen molar-refractivity contribution in [2.24, 2.45) is 23.7 Å². The van der Waals surface area contributed by atoms with Gasteiger partial charge in [0.05, 0.1) is 46.8 Å². The summed E-state index contributed by atoms with van der Waals surface area (Å²) in [6, 6.07) is 11.5. The number of carbonyl (C=O) groups is 3. The summed E-state index contributed by atoms with van der Waals surface area (Å²) >= 11 is 1.52. The van der Waals surface area contributed by atoms with Gasteiger partial charge in [0, 0.05) is 80.6 Å². The Hall–Kier alpha value is -3.48. The Morgan fingerprint density at radius 1 is 0.871 bits per heavy atom. The van der Waals surface area contributed by atoms with Gasteiger partial charge in [-0.05, 0) is 83.9 Å². The average Bonchev–Trinajstić information content (AvgIpc) is 3.21. The number of aliphatic hydroxyl groups excluding tert-OH is 2. The predicted octanol–water partition coefficient (Wildman–Crippen LogP) is 5.91. The van der Waals surface area contributed by atoms with Crippen LogP contribution in [0.1, 0.15) is 81.6 Å². The summed E-state index contributed by atoms with van der Waals surface area (Å²) in [4.78, 5) is 50.5. The molecule has 15 nitrogen and oxygen atoms in total. The molecular formula is C46H69N3O12S. The molecule has 346 valence electrons. The third-order valence-electron chi connectivity index (χ3n) is 13.3. The van der Waals surface area contributed by atoms with E-state index in [0.717, 1.165) is 21.2 Å². The zero-order chi connectivity index (χ0) is 46.4. The number of hydrogen-bond acceptors (Lipinski definition) is 15. The highest BCUT2D eigenvalue weighted by molar-refractivity contribution is 7.99. The van der Waals surface area contributed by atoms with Crippen LogP contribution in [0.25, 0.3) is 0 Å². The number of amides is 1. The van der Waals surface area contributed by atoms with Crippen molar-refractivity contribution < 1.29 is 58.5 Å². The van der Waals surface area contributed by atoms with Gasteiger partial charge < -0.3 is 53.9 Å². The lowest BCUT2D eigenvalue weighted by Gasteiger charge is -2.47. The van der Waals surface area contributed by atoms with E-state index in [-0.39, 0.29) is 19.3 Å². The van der Waals surface area contributed by atoms with Gasteiger partial charge in [0.2, 0.25) is 0 Å². The van der Waals surface area contributed by atoms with Crippen molar-refractivity contribution in [3.05, 3.63) is 36.4 Å². The maximum atomic E-state index is 15.1. The number of benzene rings is 2. The molecule has 62 heavy (non-hydrogen) atoms. The van der Waals surface area contributed by atoms with E-state index in [0.29, 0.717) is 11.4 Å². The second-order valence-electron chi connectivity index (χ2n) is 18.7. The van der Waals surface area contributed by atoms with Crippen LogP contribution in [0.5, 0.6) is 0 Å². The average molecular weight is 888 g/mol. The van der Waals surface area contributed by atoms with Crippen molar-refractivity contribution in [1.82, 2.24) is 0 Å². The minimum absolute atomic E-state index is 0.0473. The first-order valence-electron chi connectivity index (χ1n) is 21.5. The summed E-state index contributed by atoms with van der Waals surface area (Å²) in [6.07, 6.45) is -9.25. The predicted molar refractivity (Wildman–Crippen MR) is 237 cm³/mol. The molecule has 16 heteroatoms. The third-order valence-corrected chi connectivity index (χ3v) is 14.4. The second kappa shape index (κ2) is 18.9. The molecule has 2 saturated heterocycles. The van der Waals surface area contributed by atoms with Crippen LogP contribution in [0.2, 0.25) is 0 Å². The summed E-state index contributed by atoms with van der Waals surface area (Å²) in [5.74, 6) is -5.46. The van der Waals surface area contributed by atoms with E-state index in [4.69, 9.17) is 23.7 Å². The Kier molecular flexibility index (Phi) is 15.1. The summed E-state index contributed by atoms with van der Waals surface area (Å²) in [6.45, 7) is 14.3. The lowest BCUT2D eigenvalue weighted by molar-refractivity contribution is -0.299. The number of ketones is 1. The fourth-order valence-electron chi connectivity index (χ4n) is 9.28. The summed E-state index contributed by atoms with van der Waals surface area (Å²) in [5, 5.41) is 47.0. The highest BCUT2D eigenvalue weighted by Gasteiger charge is 2.53. The van der Waals surface area contributed by atoms with Crippen LogP contribution in [-0.2, 0) is 33.3 Å². The number of methoxy groups -OCH3 is 1. The number of esters is 1. The molecule has 4 N–H and O–H groups in total. The molecule has 2 aromatic carbocycles. The van der Waals surface area contributed by atoms with Crippen molar-refractivity contribution in [3.63, 3.8) is 0 Å². The van der Waals surface area contributed by atoms with Gasteiger partial charge in [0.25, 0.3) is 0 Å². The molecule has 3 aliphatic heterocycles.